The van der Waals surface area contributed by atoms with Gasteiger partial charge in [-0.05, 0) is 6.07 Å². The second-order valence-electron chi connectivity index (χ2n) is 4.80. The minimum atomic E-state index is -0.521. The van der Waals surface area contributed by atoms with Gasteiger partial charge in [-0.25, -0.2) is 0 Å². The van der Waals surface area contributed by atoms with Crippen LogP contribution < -0.4 is 5.32 Å². The monoisotopic (exact) mass is 318 g/mol. The molecule has 1 atom stereocenters. The van der Waals surface area contributed by atoms with Crippen molar-refractivity contribution in [2.75, 3.05) is 33.7 Å². The molecule has 1 saturated heterocycles. The molecule has 1 aliphatic rings. The molecule has 110 valence electrons. The van der Waals surface area contributed by atoms with Gasteiger partial charge in [-0.15, -0.1) is 0 Å². The van der Waals surface area contributed by atoms with Crippen molar-refractivity contribution < 1.29 is 9.59 Å². The Morgan fingerprint density at radius 1 is 1.40 bits per heavy atom. The predicted octanol–water partition coefficient (Wildman–Crippen LogP) is 0.824. The fourth-order valence-electron chi connectivity index (χ4n) is 2.14. The summed E-state index contributed by atoms with van der Waals surface area (Å²) in [4.78, 5) is 30.4. The van der Waals surface area contributed by atoms with Crippen LogP contribution >= 0.6 is 23.2 Å². The van der Waals surface area contributed by atoms with Crippen molar-refractivity contribution >= 4 is 35.0 Å². The summed E-state index contributed by atoms with van der Waals surface area (Å²) in [6.45, 7) is 1.54. The Labute approximate surface area is 127 Å². The van der Waals surface area contributed by atoms with Gasteiger partial charge in [-0.3, -0.25) is 9.59 Å². The summed E-state index contributed by atoms with van der Waals surface area (Å²) in [6.07, 6.45) is 0. The second kappa shape index (κ2) is 6.03. The van der Waals surface area contributed by atoms with E-state index in [1.54, 1.807) is 14.1 Å². The summed E-state index contributed by atoms with van der Waals surface area (Å²) in [5.74, 6) is -0.394. The zero-order valence-corrected chi connectivity index (χ0v) is 12.8. The van der Waals surface area contributed by atoms with Crippen molar-refractivity contribution in [2.45, 2.75) is 6.04 Å². The summed E-state index contributed by atoms with van der Waals surface area (Å²) in [5.41, 5.74) is 0.290. The van der Waals surface area contributed by atoms with E-state index in [1.807, 2.05) is 0 Å². The Kier molecular flexibility index (Phi) is 4.57. The highest BCUT2D eigenvalue weighted by Gasteiger charge is 2.34. The van der Waals surface area contributed by atoms with Crippen LogP contribution in [-0.4, -0.2) is 66.4 Å². The van der Waals surface area contributed by atoms with Crippen molar-refractivity contribution in [3.63, 3.8) is 0 Å². The van der Waals surface area contributed by atoms with Crippen LogP contribution in [-0.2, 0) is 4.79 Å². The molecule has 2 amide bonds. The minimum Gasteiger partial charge on any atom is -0.347 e. The molecule has 1 aliphatic heterocycles. The number of rotatable bonds is 2. The Morgan fingerprint density at radius 3 is 2.65 bits per heavy atom. The van der Waals surface area contributed by atoms with Crippen LogP contribution in [0.5, 0.6) is 0 Å². The molecule has 1 aromatic heterocycles. The molecule has 0 saturated carbocycles. The maximum absolute atomic E-state index is 12.5. The van der Waals surface area contributed by atoms with E-state index in [4.69, 9.17) is 23.2 Å². The number of halogens is 2. The van der Waals surface area contributed by atoms with Gasteiger partial charge in [0.05, 0.1) is 5.02 Å². The molecule has 1 unspecified atom stereocenters. The van der Waals surface area contributed by atoms with Crippen LogP contribution in [0.3, 0.4) is 0 Å². The molecule has 0 radical (unpaired) electrons. The highest BCUT2D eigenvalue weighted by atomic mass is 35.5. The number of nitrogens with zero attached hydrogens (tertiary/aromatic N) is 2. The van der Waals surface area contributed by atoms with Crippen molar-refractivity contribution in [1.82, 2.24) is 20.1 Å². The Bertz CT molecular complexity index is 510. The zero-order chi connectivity index (χ0) is 14.9. The summed E-state index contributed by atoms with van der Waals surface area (Å²) >= 11 is 11.7. The van der Waals surface area contributed by atoms with Crippen molar-refractivity contribution in [1.29, 1.82) is 0 Å². The molecule has 0 aromatic carbocycles. The molecule has 8 heteroatoms. The lowest BCUT2D eigenvalue weighted by Crippen LogP contribution is -2.59. The van der Waals surface area contributed by atoms with E-state index in [-0.39, 0.29) is 17.0 Å². The summed E-state index contributed by atoms with van der Waals surface area (Å²) in [5, 5.41) is 3.63. The number of hydrogen-bond donors (Lipinski definition) is 2. The lowest BCUT2D eigenvalue weighted by atomic mass is 10.1. The number of piperazine rings is 1. The first-order chi connectivity index (χ1) is 9.41. The standard InChI is InChI=1S/C12H16Cl2N4O2/c1-17(2)12(20)9-6-15-3-4-18(9)11(19)8-5-7(13)10(14)16-8/h5,9,15-16H,3-4,6H2,1-2H3. The first-order valence-electron chi connectivity index (χ1n) is 6.18. The van der Waals surface area contributed by atoms with E-state index in [2.05, 4.69) is 10.3 Å². The van der Waals surface area contributed by atoms with E-state index >= 15 is 0 Å². The highest BCUT2D eigenvalue weighted by molar-refractivity contribution is 6.41. The largest absolute Gasteiger partial charge is 0.347 e. The molecule has 6 nitrogen and oxygen atoms in total. The van der Waals surface area contributed by atoms with Crippen LogP contribution in [0.4, 0.5) is 0 Å². The number of hydrogen-bond acceptors (Lipinski definition) is 3. The number of likely N-dealkylation sites (N-methyl/N-ethyl adjacent to an activating group) is 1. The van der Waals surface area contributed by atoms with Crippen molar-refractivity contribution in [3.8, 4) is 0 Å². The third-order valence-electron chi connectivity index (χ3n) is 3.19. The number of aromatic amines is 1. The Morgan fingerprint density at radius 2 is 2.10 bits per heavy atom. The van der Waals surface area contributed by atoms with E-state index in [9.17, 15) is 9.59 Å². The molecule has 0 aliphatic carbocycles. The fourth-order valence-corrected chi connectivity index (χ4v) is 2.45. The van der Waals surface area contributed by atoms with Crippen LogP contribution in [0.2, 0.25) is 10.2 Å². The van der Waals surface area contributed by atoms with Gasteiger partial charge < -0.3 is 20.1 Å². The first-order valence-corrected chi connectivity index (χ1v) is 6.94. The smallest absolute Gasteiger partial charge is 0.271 e. The first kappa shape index (κ1) is 15.2. The maximum atomic E-state index is 12.5. The minimum absolute atomic E-state index is 0.116. The molecule has 20 heavy (non-hydrogen) atoms. The fraction of sp³-hybridized carbons (Fsp3) is 0.500. The van der Waals surface area contributed by atoms with Gasteiger partial charge in [-0.2, -0.15) is 0 Å². The zero-order valence-electron chi connectivity index (χ0n) is 11.2. The molecule has 1 aromatic rings. The molecule has 0 bridgehead atoms. The average Bonchev–Trinajstić information content (AvgIpc) is 2.77. The predicted molar refractivity (Wildman–Crippen MR) is 77.2 cm³/mol. The van der Waals surface area contributed by atoms with Gasteiger partial charge in [-0.1, -0.05) is 23.2 Å². The van der Waals surface area contributed by atoms with Crippen LogP contribution in [0.15, 0.2) is 6.07 Å². The SMILES string of the molecule is CN(C)C(=O)C1CNCCN1C(=O)c1cc(Cl)c(Cl)[nH]1. The van der Waals surface area contributed by atoms with Crippen LogP contribution in [0.25, 0.3) is 0 Å². The Balaban J connectivity index is 2.23. The normalized spacial score (nSPS) is 19.0. The molecule has 0 spiro atoms. The lowest BCUT2D eigenvalue weighted by Gasteiger charge is -2.36. The molecular formula is C12H16Cl2N4O2. The van der Waals surface area contributed by atoms with Gasteiger partial charge >= 0.3 is 0 Å². The van der Waals surface area contributed by atoms with Crippen LogP contribution in [0.1, 0.15) is 10.5 Å². The topological polar surface area (TPSA) is 68.4 Å². The van der Waals surface area contributed by atoms with Gasteiger partial charge in [0, 0.05) is 33.7 Å². The summed E-state index contributed by atoms with van der Waals surface area (Å²) in [6, 6.07) is 0.956. The third kappa shape index (κ3) is 2.92. The number of aromatic nitrogens is 1. The van der Waals surface area contributed by atoms with E-state index < -0.39 is 6.04 Å². The van der Waals surface area contributed by atoms with E-state index in [0.717, 1.165) is 0 Å². The Hall–Kier alpha value is -1.24. The van der Waals surface area contributed by atoms with E-state index in [1.165, 1.54) is 15.9 Å². The van der Waals surface area contributed by atoms with Gasteiger partial charge in [0.15, 0.2) is 0 Å². The average molecular weight is 319 g/mol. The van der Waals surface area contributed by atoms with Gasteiger partial charge in [0.1, 0.15) is 16.9 Å². The number of amides is 2. The summed E-state index contributed by atoms with van der Waals surface area (Å²) in [7, 11) is 3.34. The lowest BCUT2D eigenvalue weighted by molar-refractivity contribution is -0.134. The second-order valence-corrected chi connectivity index (χ2v) is 5.58. The third-order valence-corrected chi connectivity index (χ3v) is 3.88. The molecule has 2 N–H and O–H groups in total. The van der Waals surface area contributed by atoms with Gasteiger partial charge in [0.2, 0.25) is 5.91 Å². The number of nitrogens with one attached hydrogen (secondary N) is 2. The van der Waals surface area contributed by atoms with Crippen molar-refractivity contribution in [3.05, 3.63) is 21.9 Å². The number of carbonyl (C=O) groups excluding carboxylic acids is 2. The highest BCUT2D eigenvalue weighted by Crippen LogP contribution is 2.23. The molecule has 2 heterocycles. The van der Waals surface area contributed by atoms with E-state index in [0.29, 0.717) is 30.4 Å². The van der Waals surface area contributed by atoms with Crippen molar-refractivity contribution in [2.24, 2.45) is 0 Å². The molecule has 2 rings (SSSR count). The molecule has 1 fully saturated rings. The number of H-pyrrole nitrogens is 1. The number of carbonyl (C=O) groups is 2. The maximum Gasteiger partial charge on any atom is 0.271 e. The van der Waals surface area contributed by atoms with Crippen LogP contribution in [0, 0.1) is 0 Å². The molecular weight excluding hydrogens is 303 g/mol. The quantitative estimate of drug-likeness (QED) is 0.848. The summed E-state index contributed by atoms with van der Waals surface area (Å²) < 4.78 is 0. The van der Waals surface area contributed by atoms with Gasteiger partial charge in [0.25, 0.3) is 5.91 Å².